The van der Waals surface area contributed by atoms with E-state index in [9.17, 15) is 13.2 Å². The van der Waals surface area contributed by atoms with Gasteiger partial charge in [0.1, 0.15) is 11.8 Å². The van der Waals surface area contributed by atoms with Gasteiger partial charge in [0.15, 0.2) is 0 Å². The van der Waals surface area contributed by atoms with Gasteiger partial charge in [-0.2, -0.15) is 18.4 Å². The molecule has 96 valence electrons. The highest BCUT2D eigenvalue weighted by Crippen LogP contribution is 2.31. The van der Waals surface area contributed by atoms with E-state index in [1.54, 1.807) is 0 Å². The molecule has 0 fully saturated rings. The summed E-state index contributed by atoms with van der Waals surface area (Å²) in [4.78, 5) is 7.63. The number of halogens is 3. The Bertz CT molecular complexity index is 631. The summed E-state index contributed by atoms with van der Waals surface area (Å²) in [6.07, 6.45) is -3.06. The molecule has 1 N–H and O–H groups in total. The van der Waals surface area contributed by atoms with E-state index in [0.29, 0.717) is 0 Å². The third kappa shape index (κ3) is 3.19. The van der Waals surface area contributed by atoms with Gasteiger partial charge in [0, 0.05) is 11.9 Å². The third-order valence-corrected chi connectivity index (χ3v) is 2.22. The molecule has 2 rings (SSSR count). The monoisotopic (exact) mass is 264 g/mol. The minimum Gasteiger partial charge on any atom is -0.324 e. The molecule has 0 bridgehead atoms. The van der Waals surface area contributed by atoms with E-state index in [0.717, 1.165) is 12.1 Å². The van der Waals surface area contributed by atoms with Gasteiger partial charge in [0.25, 0.3) is 0 Å². The maximum atomic E-state index is 12.5. The summed E-state index contributed by atoms with van der Waals surface area (Å²) in [7, 11) is 0. The number of hydrogen-bond acceptors (Lipinski definition) is 4. The van der Waals surface area contributed by atoms with E-state index in [-0.39, 0.29) is 17.3 Å². The minimum atomic E-state index is -4.41. The first-order valence-corrected chi connectivity index (χ1v) is 5.16. The molecule has 2 aromatic rings. The van der Waals surface area contributed by atoms with Crippen LogP contribution in [0.1, 0.15) is 11.3 Å². The average molecular weight is 264 g/mol. The van der Waals surface area contributed by atoms with Crippen molar-refractivity contribution in [2.45, 2.75) is 6.18 Å². The van der Waals surface area contributed by atoms with E-state index < -0.39 is 11.7 Å². The van der Waals surface area contributed by atoms with Crippen molar-refractivity contribution in [3.05, 3.63) is 47.8 Å². The zero-order valence-corrected chi connectivity index (χ0v) is 9.44. The Balaban J connectivity index is 2.26. The first-order chi connectivity index (χ1) is 8.99. The summed E-state index contributed by atoms with van der Waals surface area (Å²) in [5.41, 5.74) is -0.441. The molecule has 0 aliphatic carbocycles. The maximum Gasteiger partial charge on any atom is 0.416 e. The van der Waals surface area contributed by atoms with Crippen molar-refractivity contribution in [3.8, 4) is 6.07 Å². The second-order valence-electron chi connectivity index (χ2n) is 3.58. The summed E-state index contributed by atoms with van der Waals surface area (Å²) in [6, 6.07) is 7.87. The van der Waals surface area contributed by atoms with Crippen molar-refractivity contribution in [3.63, 3.8) is 0 Å². The zero-order chi connectivity index (χ0) is 13.9. The van der Waals surface area contributed by atoms with Crippen LogP contribution in [0.3, 0.4) is 0 Å². The Kier molecular flexibility index (Phi) is 3.33. The highest BCUT2D eigenvalue weighted by molar-refractivity contribution is 5.55. The first kappa shape index (κ1) is 12.8. The van der Waals surface area contributed by atoms with Crippen molar-refractivity contribution in [1.29, 1.82) is 5.26 Å². The second-order valence-corrected chi connectivity index (χ2v) is 3.58. The van der Waals surface area contributed by atoms with Gasteiger partial charge in [-0.1, -0.05) is 6.07 Å². The van der Waals surface area contributed by atoms with Crippen molar-refractivity contribution < 1.29 is 13.2 Å². The van der Waals surface area contributed by atoms with Gasteiger partial charge in [0.05, 0.1) is 5.56 Å². The van der Waals surface area contributed by atoms with E-state index in [2.05, 4.69) is 15.3 Å². The molecule has 0 aliphatic heterocycles. The van der Waals surface area contributed by atoms with Gasteiger partial charge < -0.3 is 5.32 Å². The highest BCUT2D eigenvalue weighted by Gasteiger charge is 2.30. The number of aromatic nitrogens is 2. The molecule has 0 unspecified atom stereocenters. The number of alkyl halides is 3. The summed E-state index contributed by atoms with van der Waals surface area (Å²) >= 11 is 0. The first-order valence-electron chi connectivity index (χ1n) is 5.16. The molecule has 19 heavy (non-hydrogen) atoms. The molecule has 0 saturated heterocycles. The van der Waals surface area contributed by atoms with E-state index in [4.69, 9.17) is 5.26 Å². The van der Waals surface area contributed by atoms with Crippen LogP contribution in [0, 0.1) is 11.3 Å². The van der Waals surface area contributed by atoms with E-state index in [1.807, 2.05) is 6.07 Å². The van der Waals surface area contributed by atoms with Crippen LogP contribution in [0.2, 0.25) is 0 Å². The van der Waals surface area contributed by atoms with Gasteiger partial charge in [-0.3, -0.25) is 0 Å². The molecule has 0 spiro atoms. The lowest BCUT2D eigenvalue weighted by molar-refractivity contribution is -0.137. The predicted octanol–water partition coefficient (Wildman–Crippen LogP) is 3.11. The number of benzene rings is 1. The summed E-state index contributed by atoms with van der Waals surface area (Å²) in [6.45, 7) is 0. The predicted molar refractivity (Wildman–Crippen MR) is 61.5 cm³/mol. The number of rotatable bonds is 2. The molecule has 7 heteroatoms. The number of hydrogen-bond donors (Lipinski definition) is 1. The lowest BCUT2D eigenvalue weighted by Crippen LogP contribution is -2.05. The van der Waals surface area contributed by atoms with Gasteiger partial charge in [-0.05, 0) is 24.3 Å². The Morgan fingerprint density at radius 1 is 1.21 bits per heavy atom. The van der Waals surface area contributed by atoms with E-state index >= 15 is 0 Å². The molecule has 0 amide bonds. The number of nitrogens with zero attached hydrogens (tertiary/aromatic N) is 3. The quantitative estimate of drug-likeness (QED) is 0.905. The van der Waals surface area contributed by atoms with Crippen molar-refractivity contribution in [2.24, 2.45) is 0 Å². The SMILES string of the molecule is N#Cc1ccnc(Nc2cccc(C(F)(F)F)c2)n1. The maximum absolute atomic E-state index is 12.5. The van der Waals surface area contributed by atoms with Crippen LogP contribution in [0.4, 0.5) is 24.8 Å². The zero-order valence-electron chi connectivity index (χ0n) is 9.44. The van der Waals surface area contributed by atoms with Crippen LogP contribution in [0.15, 0.2) is 36.5 Å². The second kappa shape index (κ2) is 4.94. The van der Waals surface area contributed by atoms with Crippen LogP contribution >= 0.6 is 0 Å². The van der Waals surface area contributed by atoms with Crippen molar-refractivity contribution >= 4 is 11.6 Å². The summed E-state index contributed by atoms with van der Waals surface area (Å²) < 4.78 is 37.6. The fraction of sp³-hybridized carbons (Fsp3) is 0.0833. The highest BCUT2D eigenvalue weighted by atomic mass is 19.4. The van der Waals surface area contributed by atoms with Gasteiger partial charge in [0.2, 0.25) is 5.95 Å². The normalized spacial score (nSPS) is 10.8. The Morgan fingerprint density at radius 2 is 2.00 bits per heavy atom. The number of nitrogens with one attached hydrogen (secondary N) is 1. The molecular weight excluding hydrogens is 257 g/mol. The van der Waals surface area contributed by atoms with Crippen LogP contribution in [-0.2, 0) is 6.18 Å². The Hall–Kier alpha value is -2.62. The minimum absolute atomic E-state index is 0.0679. The summed E-state index contributed by atoms with van der Waals surface area (Å²) in [5, 5.41) is 11.3. The van der Waals surface area contributed by atoms with Gasteiger partial charge in [-0.25, -0.2) is 9.97 Å². The molecule has 0 aliphatic rings. The molecule has 1 aromatic heterocycles. The van der Waals surface area contributed by atoms with Gasteiger partial charge >= 0.3 is 6.18 Å². The molecule has 0 saturated carbocycles. The average Bonchev–Trinajstić information content (AvgIpc) is 2.38. The Labute approximate surface area is 106 Å². The molecule has 4 nitrogen and oxygen atoms in total. The van der Waals surface area contributed by atoms with Crippen LogP contribution < -0.4 is 5.32 Å². The van der Waals surface area contributed by atoms with Crippen molar-refractivity contribution in [1.82, 2.24) is 9.97 Å². The topological polar surface area (TPSA) is 61.6 Å². The van der Waals surface area contributed by atoms with Crippen LogP contribution in [0.5, 0.6) is 0 Å². The lowest BCUT2D eigenvalue weighted by Gasteiger charge is -2.09. The fourth-order valence-electron chi connectivity index (χ4n) is 1.38. The van der Waals surface area contributed by atoms with Crippen LogP contribution in [-0.4, -0.2) is 9.97 Å². The fourth-order valence-corrected chi connectivity index (χ4v) is 1.38. The Morgan fingerprint density at radius 3 is 2.68 bits per heavy atom. The number of anilines is 2. The molecule has 0 radical (unpaired) electrons. The summed E-state index contributed by atoms with van der Waals surface area (Å²) in [5.74, 6) is 0.0679. The number of nitriles is 1. The molecular formula is C12H7F3N4. The largest absolute Gasteiger partial charge is 0.416 e. The smallest absolute Gasteiger partial charge is 0.324 e. The van der Waals surface area contributed by atoms with Gasteiger partial charge in [-0.15, -0.1) is 0 Å². The molecule has 0 atom stereocenters. The van der Waals surface area contributed by atoms with Crippen LogP contribution in [0.25, 0.3) is 0 Å². The third-order valence-electron chi connectivity index (χ3n) is 2.22. The van der Waals surface area contributed by atoms with Crippen molar-refractivity contribution in [2.75, 3.05) is 5.32 Å². The standard InChI is InChI=1S/C12H7F3N4/c13-12(14,15)8-2-1-3-9(6-8)18-11-17-5-4-10(7-16)19-11/h1-6H,(H,17,18,19). The lowest BCUT2D eigenvalue weighted by atomic mass is 10.2. The van der Waals surface area contributed by atoms with E-state index in [1.165, 1.54) is 24.4 Å². The molecule has 1 aromatic carbocycles. The molecule has 1 heterocycles.